The molecule has 9 heteroatoms. The van der Waals surface area contributed by atoms with Crippen LogP contribution in [0.3, 0.4) is 0 Å². The van der Waals surface area contributed by atoms with E-state index in [2.05, 4.69) is 31.1 Å². The SMILES string of the molecule is COc1c(F)nc(-c2cccnc2)c(N2CCC(c3nncn3C)CC2)c1C#N. The number of pyridine rings is 2. The molecule has 1 saturated heterocycles. The third-order valence-corrected chi connectivity index (χ3v) is 5.26. The Labute approximate surface area is 167 Å². The number of nitrogens with zero attached hydrogens (tertiary/aromatic N) is 7. The molecular formula is C20H20FN7O. The number of halogens is 1. The maximum atomic E-state index is 14.6. The summed E-state index contributed by atoms with van der Waals surface area (Å²) in [6.07, 6.45) is 6.63. The monoisotopic (exact) mass is 393 g/mol. The molecule has 0 N–H and O–H groups in total. The predicted molar refractivity (Wildman–Crippen MR) is 104 cm³/mol. The Balaban J connectivity index is 1.75. The molecule has 1 aliphatic heterocycles. The summed E-state index contributed by atoms with van der Waals surface area (Å²) in [5.41, 5.74) is 1.77. The van der Waals surface area contributed by atoms with Crippen LogP contribution in [-0.2, 0) is 7.05 Å². The van der Waals surface area contributed by atoms with Gasteiger partial charge < -0.3 is 14.2 Å². The second kappa shape index (κ2) is 7.83. The molecule has 0 saturated carbocycles. The van der Waals surface area contributed by atoms with Crippen molar-refractivity contribution in [3.63, 3.8) is 0 Å². The summed E-state index contributed by atoms with van der Waals surface area (Å²) < 4.78 is 21.7. The number of piperidine rings is 1. The number of hydrogen-bond donors (Lipinski definition) is 0. The van der Waals surface area contributed by atoms with Crippen molar-refractivity contribution in [2.45, 2.75) is 18.8 Å². The molecule has 0 aliphatic carbocycles. The van der Waals surface area contributed by atoms with Crippen LogP contribution in [-0.4, -0.2) is 44.9 Å². The molecule has 4 heterocycles. The maximum Gasteiger partial charge on any atom is 0.257 e. The zero-order valence-electron chi connectivity index (χ0n) is 16.2. The Morgan fingerprint density at radius 3 is 2.69 bits per heavy atom. The summed E-state index contributed by atoms with van der Waals surface area (Å²) >= 11 is 0. The summed E-state index contributed by atoms with van der Waals surface area (Å²) in [7, 11) is 3.28. The van der Waals surface area contributed by atoms with E-state index >= 15 is 0 Å². The lowest BCUT2D eigenvalue weighted by Crippen LogP contribution is -2.35. The van der Waals surface area contributed by atoms with Crippen molar-refractivity contribution in [1.29, 1.82) is 5.26 Å². The van der Waals surface area contributed by atoms with Crippen LogP contribution in [0.4, 0.5) is 10.1 Å². The summed E-state index contributed by atoms with van der Waals surface area (Å²) in [6.45, 7) is 1.35. The number of ether oxygens (including phenoxy) is 1. The van der Waals surface area contributed by atoms with Gasteiger partial charge in [-0.3, -0.25) is 4.98 Å². The zero-order valence-corrected chi connectivity index (χ0v) is 16.2. The molecule has 0 amide bonds. The van der Waals surface area contributed by atoms with Gasteiger partial charge in [-0.1, -0.05) is 0 Å². The minimum Gasteiger partial charge on any atom is -0.491 e. The van der Waals surface area contributed by atoms with Crippen LogP contribution in [0.2, 0.25) is 0 Å². The van der Waals surface area contributed by atoms with Gasteiger partial charge in [0.05, 0.1) is 12.8 Å². The highest BCUT2D eigenvalue weighted by Gasteiger charge is 2.30. The van der Waals surface area contributed by atoms with Crippen LogP contribution in [0.5, 0.6) is 5.75 Å². The highest BCUT2D eigenvalue weighted by Crippen LogP contribution is 2.40. The maximum absolute atomic E-state index is 14.6. The van der Waals surface area contributed by atoms with Crippen molar-refractivity contribution < 1.29 is 9.13 Å². The van der Waals surface area contributed by atoms with Gasteiger partial charge in [0.25, 0.3) is 5.95 Å². The standard InChI is InChI=1S/C20H20FN7O/c1-27-12-24-26-20(27)13-5-8-28(9-6-13)17-15(10-22)18(29-2)19(21)25-16(17)14-4-3-7-23-11-14/h3-4,7,11-13H,5-6,8-9H2,1-2H3. The first-order valence-electron chi connectivity index (χ1n) is 9.30. The second-order valence-electron chi connectivity index (χ2n) is 6.92. The van der Waals surface area contributed by atoms with Crippen LogP contribution in [0, 0.1) is 17.3 Å². The van der Waals surface area contributed by atoms with Gasteiger partial charge in [0.2, 0.25) is 0 Å². The first-order chi connectivity index (χ1) is 14.1. The van der Waals surface area contributed by atoms with Crippen LogP contribution in [0.25, 0.3) is 11.3 Å². The third-order valence-electron chi connectivity index (χ3n) is 5.26. The van der Waals surface area contributed by atoms with Crippen molar-refractivity contribution in [2.24, 2.45) is 7.05 Å². The minimum atomic E-state index is -0.805. The van der Waals surface area contributed by atoms with E-state index in [0.717, 1.165) is 18.7 Å². The molecule has 0 unspecified atom stereocenters. The number of hydrogen-bond acceptors (Lipinski definition) is 7. The van der Waals surface area contributed by atoms with Crippen LogP contribution >= 0.6 is 0 Å². The molecular weight excluding hydrogens is 373 g/mol. The van der Waals surface area contributed by atoms with Crippen LogP contribution < -0.4 is 9.64 Å². The topological polar surface area (TPSA) is 92.8 Å². The lowest BCUT2D eigenvalue weighted by atomic mass is 9.94. The van der Waals surface area contributed by atoms with Crippen molar-refractivity contribution in [1.82, 2.24) is 24.7 Å². The number of rotatable bonds is 4. The molecule has 8 nitrogen and oxygen atoms in total. The van der Waals surface area contributed by atoms with Gasteiger partial charge in [0.1, 0.15) is 29.5 Å². The van der Waals surface area contributed by atoms with Gasteiger partial charge >= 0.3 is 0 Å². The fourth-order valence-corrected chi connectivity index (χ4v) is 3.86. The van der Waals surface area contributed by atoms with Gasteiger partial charge in [-0.05, 0) is 25.0 Å². The lowest BCUT2D eigenvalue weighted by Gasteiger charge is -2.34. The average Bonchev–Trinajstić information content (AvgIpc) is 3.19. The quantitative estimate of drug-likeness (QED) is 0.629. The van der Waals surface area contributed by atoms with Crippen LogP contribution in [0.1, 0.15) is 30.1 Å². The molecule has 3 aromatic rings. The molecule has 3 aromatic heterocycles. The number of aryl methyl sites for hydroxylation is 1. The van der Waals surface area contributed by atoms with Gasteiger partial charge in [-0.15, -0.1) is 10.2 Å². The molecule has 29 heavy (non-hydrogen) atoms. The minimum absolute atomic E-state index is 0.134. The van der Waals surface area contributed by atoms with Crippen molar-refractivity contribution in [2.75, 3.05) is 25.1 Å². The highest BCUT2D eigenvalue weighted by molar-refractivity contribution is 5.81. The van der Waals surface area contributed by atoms with Gasteiger partial charge in [-0.2, -0.15) is 9.65 Å². The van der Waals surface area contributed by atoms with E-state index in [0.29, 0.717) is 30.0 Å². The highest BCUT2D eigenvalue weighted by atomic mass is 19.1. The molecule has 0 radical (unpaired) electrons. The molecule has 0 aromatic carbocycles. The Morgan fingerprint density at radius 2 is 2.10 bits per heavy atom. The van der Waals surface area contributed by atoms with Gasteiger partial charge in [0, 0.05) is 44.0 Å². The number of methoxy groups -OCH3 is 1. The molecule has 1 aliphatic rings. The average molecular weight is 393 g/mol. The van der Waals surface area contributed by atoms with E-state index in [1.165, 1.54) is 7.11 Å². The van der Waals surface area contributed by atoms with E-state index in [4.69, 9.17) is 4.74 Å². The van der Waals surface area contributed by atoms with Gasteiger partial charge in [-0.25, -0.2) is 4.98 Å². The number of anilines is 1. The van der Waals surface area contributed by atoms with Crippen molar-refractivity contribution in [3.8, 4) is 23.1 Å². The third kappa shape index (κ3) is 3.38. The predicted octanol–water partition coefficient (Wildman–Crippen LogP) is 2.68. The van der Waals surface area contributed by atoms with Crippen molar-refractivity contribution in [3.05, 3.63) is 48.2 Å². The molecule has 0 bridgehead atoms. The fourth-order valence-electron chi connectivity index (χ4n) is 3.86. The number of aromatic nitrogens is 5. The first-order valence-corrected chi connectivity index (χ1v) is 9.30. The molecule has 0 spiro atoms. The Bertz CT molecular complexity index is 1050. The van der Waals surface area contributed by atoms with E-state index < -0.39 is 5.95 Å². The Kier molecular flexibility index (Phi) is 5.08. The van der Waals surface area contributed by atoms with E-state index in [1.54, 1.807) is 30.9 Å². The second-order valence-corrected chi connectivity index (χ2v) is 6.92. The van der Waals surface area contributed by atoms with E-state index in [1.807, 2.05) is 11.6 Å². The van der Waals surface area contributed by atoms with Crippen molar-refractivity contribution >= 4 is 5.69 Å². The van der Waals surface area contributed by atoms with E-state index in [-0.39, 0.29) is 17.2 Å². The Morgan fingerprint density at radius 1 is 1.31 bits per heavy atom. The van der Waals surface area contributed by atoms with Crippen LogP contribution in [0.15, 0.2) is 30.9 Å². The Hall–Kier alpha value is -3.54. The number of nitriles is 1. The smallest absolute Gasteiger partial charge is 0.257 e. The zero-order chi connectivity index (χ0) is 20.4. The summed E-state index contributed by atoms with van der Waals surface area (Å²) in [4.78, 5) is 10.3. The largest absolute Gasteiger partial charge is 0.491 e. The molecule has 148 valence electrons. The summed E-state index contributed by atoms with van der Waals surface area (Å²) in [6, 6.07) is 5.68. The summed E-state index contributed by atoms with van der Waals surface area (Å²) in [5, 5.41) is 18.0. The lowest BCUT2D eigenvalue weighted by molar-refractivity contribution is 0.376. The van der Waals surface area contributed by atoms with Gasteiger partial charge in [0.15, 0.2) is 5.75 Å². The molecule has 0 atom stereocenters. The fraction of sp³-hybridized carbons (Fsp3) is 0.350. The molecule has 1 fully saturated rings. The normalized spacial score (nSPS) is 14.6. The van der Waals surface area contributed by atoms with E-state index in [9.17, 15) is 9.65 Å². The molecule has 4 rings (SSSR count). The summed E-state index contributed by atoms with van der Waals surface area (Å²) in [5.74, 6) is 0.292. The first kappa shape index (κ1) is 18.8.